The maximum Gasteiger partial charge on any atom is 0.394 e. The van der Waals surface area contributed by atoms with Gasteiger partial charge in [0, 0.05) is 5.92 Å². The first kappa shape index (κ1) is 10.9. The molecule has 5 heteroatoms. The number of nitrogens with zero attached hydrogens (tertiary/aromatic N) is 2. The molecule has 0 aliphatic heterocycles. The number of hydrogen-bond acceptors (Lipinski definition) is 2. The zero-order valence-electron chi connectivity index (χ0n) is 7.89. The summed E-state index contributed by atoms with van der Waals surface area (Å²) in [5.74, 6) is 0.409. The summed E-state index contributed by atoms with van der Waals surface area (Å²) < 4.78 is 36.0. The average molecular weight is 203 g/mol. The van der Waals surface area contributed by atoms with Gasteiger partial charge in [0.1, 0.15) is 5.82 Å². The molecule has 0 fully saturated rings. The number of hydrogen-bond donors (Lipinski definition) is 0. The van der Waals surface area contributed by atoms with Crippen LogP contribution in [0.25, 0.3) is 0 Å². The maximum absolute atomic E-state index is 12.0. The lowest BCUT2D eigenvalue weighted by atomic mass is 10.2. The number of halogens is 3. The normalized spacial score (nSPS) is 12.1. The summed E-state index contributed by atoms with van der Waals surface area (Å²) in [6, 6.07) is 1.17. The Kier molecular flexibility index (Phi) is 3.08. The quantitative estimate of drug-likeness (QED) is 0.738. The van der Waals surface area contributed by atoms with E-state index in [0.29, 0.717) is 5.82 Å². The van der Waals surface area contributed by atoms with Gasteiger partial charge >= 0.3 is 6.18 Å². The lowest BCUT2D eigenvalue weighted by Crippen LogP contribution is -2.14. The summed E-state index contributed by atoms with van der Waals surface area (Å²) in [4.78, 5) is 7.56. The standard InChI is InChI=1S/C9H10F3N2/c1-6(2)8-13-4-3-7(14-8)5-9(10,11)12/h3,6H,5H2,1-2H3. The molecule has 1 heterocycles. The van der Waals surface area contributed by atoms with Crippen LogP contribution >= 0.6 is 0 Å². The van der Waals surface area contributed by atoms with E-state index in [4.69, 9.17) is 0 Å². The van der Waals surface area contributed by atoms with Crippen LogP contribution in [0.4, 0.5) is 13.2 Å². The minimum Gasteiger partial charge on any atom is -0.237 e. The van der Waals surface area contributed by atoms with Crippen LogP contribution in [0.2, 0.25) is 0 Å². The second kappa shape index (κ2) is 3.94. The van der Waals surface area contributed by atoms with Crippen molar-refractivity contribution >= 4 is 0 Å². The van der Waals surface area contributed by atoms with Gasteiger partial charge in [-0.3, -0.25) is 0 Å². The molecule has 1 rings (SSSR count). The summed E-state index contributed by atoms with van der Waals surface area (Å²) in [5, 5.41) is 0. The lowest BCUT2D eigenvalue weighted by Gasteiger charge is -2.07. The molecule has 1 aromatic heterocycles. The molecule has 0 aromatic carbocycles. The Labute approximate surface area is 80.2 Å². The topological polar surface area (TPSA) is 25.8 Å². The molecular weight excluding hydrogens is 193 g/mol. The van der Waals surface area contributed by atoms with Gasteiger partial charge in [-0.1, -0.05) is 13.8 Å². The summed E-state index contributed by atoms with van der Waals surface area (Å²) in [5.41, 5.74) is -0.0313. The van der Waals surface area contributed by atoms with Crippen molar-refractivity contribution in [2.24, 2.45) is 0 Å². The first-order valence-electron chi connectivity index (χ1n) is 4.19. The molecule has 0 aliphatic rings. The largest absolute Gasteiger partial charge is 0.394 e. The van der Waals surface area contributed by atoms with Gasteiger partial charge in [0.2, 0.25) is 0 Å². The minimum absolute atomic E-state index is 0.0134. The molecule has 0 saturated carbocycles. The van der Waals surface area contributed by atoms with Gasteiger partial charge in [-0.2, -0.15) is 13.2 Å². The number of alkyl halides is 3. The zero-order chi connectivity index (χ0) is 10.8. The summed E-state index contributed by atoms with van der Waals surface area (Å²) in [6.45, 7) is 3.64. The van der Waals surface area contributed by atoms with E-state index < -0.39 is 12.6 Å². The monoisotopic (exact) mass is 203 g/mol. The van der Waals surface area contributed by atoms with Crippen LogP contribution in [0.1, 0.15) is 31.3 Å². The van der Waals surface area contributed by atoms with Crippen LogP contribution in [0, 0.1) is 6.20 Å². The fraction of sp³-hybridized carbons (Fsp3) is 0.556. The summed E-state index contributed by atoms with van der Waals surface area (Å²) in [7, 11) is 0. The van der Waals surface area contributed by atoms with Crippen LogP contribution in [-0.2, 0) is 6.42 Å². The molecule has 0 spiro atoms. The Bertz CT molecular complexity index is 307. The van der Waals surface area contributed by atoms with E-state index in [2.05, 4.69) is 16.2 Å². The van der Waals surface area contributed by atoms with E-state index in [1.54, 1.807) is 0 Å². The Hall–Kier alpha value is -1.13. The fourth-order valence-electron chi connectivity index (χ4n) is 0.931. The predicted octanol–water partition coefficient (Wildman–Crippen LogP) is 2.50. The third-order valence-electron chi connectivity index (χ3n) is 1.57. The van der Waals surface area contributed by atoms with E-state index in [9.17, 15) is 13.2 Å². The molecule has 2 nitrogen and oxygen atoms in total. The Morgan fingerprint density at radius 2 is 2.07 bits per heavy atom. The Morgan fingerprint density at radius 3 is 2.57 bits per heavy atom. The van der Waals surface area contributed by atoms with Gasteiger partial charge in [0.15, 0.2) is 0 Å². The molecule has 0 N–H and O–H groups in total. The molecule has 0 bridgehead atoms. The van der Waals surface area contributed by atoms with Crippen molar-refractivity contribution in [3.63, 3.8) is 0 Å². The fourth-order valence-corrected chi connectivity index (χ4v) is 0.931. The second-order valence-corrected chi connectivity index (χ2v) is 3.29. The van der Waals surface area contributed by atoms with Gasteiger partial charge in [-0.25, -0.2) is 9.97 Å². The molecule has 0 unspecified atom stereocenters. The van der Waals surface area contributed by atoms with E-state index in [1.807, 2.05) is 13.8 Å². The first-order valence-corrected chi connectivity index (χ1v) is 4.19. The third-order valence-corrected chi connectivity index (χ3v) is 1.57. The van der Waals surface area contributed by atoms with Crippen molar-refractivity contribution in [2.75, 3.05) is 0 Å². The molecule has 77 valence electrons. The van der Waals surface area contributed by atoms with E-state index in [1.165, 1.54) is 6.07 Å². The predicted molar refractivity (Wildman–Crippen MR) is 44.7 cm³/mol. The van der Waals surface area contributed by atoms with Crippen molar-refractivity contribution in [2.45, 2.75) is 32.4 Å². The van der Waals surface area contributed by atoms with E-state index >= 15 is 0 Å². The molecule has 1 aromatic rings. The minimum atomic E-state index is -4.23. The van der Waals surface area contributed by atoms with Crippen LogP contribution in [-0.4, -0.2) is 16.1 Å². The molecule has 1 radical (unpaired) electrons. The van der Waals surface area contributed by atoms with E-state index in [0.717, 1.165) is 0 Å². The van der Waals surface area contributed by atoms with Gasteiger partial charge in [0.05, 0.1) is 18.3 Å². The summed E-state index contributed by atoms with van der Waals surface area (Å²) >= 11 is 0. The third kappa shape index (κ3) is 3.32. The number of aromatic nitrogens is 2. The zero-order valence-corrected chi connectivity index (χ0v) is 7.89. The first-order chi connectivity index (χ1) is 6.38. The molecular formula is C9H10F3N2. The average Bonchev–Trinajstić information content (AvgIpc) is 2.01. The summed E-state index contributed by atoms with van der Waals surface area (Å²) in [6.07, 6.45) is -2.83. The van der Waals surface area contributed by atoms with Crippen molar-refractivity contribution < 1.29 is 13.2 Å². The molecule has 0 saturated heterocycles. The highest BCUT2D eigenvalue weighted by molar-refractivity contribution is 5.05. The van der Waals surface area contributed by atoms with Gasteiger partial charge in [0.25, 0.3) is 0 Å². The molecule has 0 amide bonds. The van der Waals surface area contributed by atoms with Crippen molar-refractivity contribution in [3.8, 4) is 0 Å². The van der Waals surface area contributed by atoms with Crippen molar-refractivity contribution in [3.05, 3.63) is 23.8 Å². The highest BCUT2D eigenvalue weighted by atomic mass is 19.4. The molecule has 14 heavy (non-hydrogen) atoms. The van der Waals surface area contributed by atoms with E-state index in [-0.39, 0.29) is 11.6 Å². The van der Waals surface area contributed by atoms with Crippen molar-refractivity contribution in [1.82, 2.24) is 9.97 Å². The van der Waals surface area contributed by atoms with Crippen LogP contribution in [0.3, 0.4) is 0 Å². The lowest BCUT2D eigenvalue weighted by molar-refractivity contribution is -0.127. The van der Waals surface area contributed by atoms with Crippen molar-refractivity contribution in [1.29, 1.82) is 0 Å². The van der Waals surface area contributed by atoms with Crippen LogP contribution in [0.5, 0.6) is 0 Å². The molecule has 0 aliphatic carbocycles. The highest BCUT2D eigenvalue weighted by Crippen LogP contribution is 2.20. The van der Waals surface area contributed by atoms with Gasteiger partial charge in [-0.15, -0.1) is 0 Å². The number of rotatable bonds is 2. The van der Waals surface area contributed by atoms with Crippen LogP contribution < -0.4 is 0 Å². The van der Waals surface area contributed by atoms with Gasteiger partial charge < -0.3 is 0 Å². The second-order valence-electron chi connectivity index (χ2n) is 3.29. The molecule has 0 atom stereocenters. The smallest absolute Gasteiger partial charge is 0.237 e. The Balaban J connectivity index is 2.84. The van der Waals surface area contributed by atoms with Crippen LogP contribution in [0.15, 0.2) is 6.07 Å². The van der Waals surface area contributed by atoms with Gasteiger partial charge in [-0.05, 0) is 6.07 Å². The Morgan fingerprint density at radius 1 is 1.43 bits per heavy atom. The maximum atomic E-state index is 12.0. The SMILES string of the molecule is CC(C)c1n[c]cc(CC(F)(F)F)n1. The highest BCUT2D eigenvalue weighted by Gasteiger charge is 2.28.